The number of hydrogen-bond acceptors (Lipinski definition) is 2. The second kappa shape index (κ2) is 9.92. The molecule has 2 aromatic carbocycles. The average Bonchev–Trinajstić information content (AvgIpc) is 3.03. The van der Waals surface area contributed by atoms with E-state index in [1.165, 1.54) is 18.2 Å². The molecule has 0 fully saturated rings. The standard InChI is InChI=1S/C23H26BrClFN3O/c1-4-10-29-21-13-17(25)6-8-20(21)27-22(29)14-28(11-9-15(2)3)23(30)16-5-7-19(26)18(24)12-16/h5-8,12-13,15H,4,9-11,14H2,1-3H3. The predicted molar refractivity (Wildman–Crippen MR) is 123 cm³/mol. The maximum Gasteiger partial charge on any atom is 0.254 e. The number of carbonyl (C=O) groups is 1. The van der Waals surface area contributed by atoms with Gasteiger partial charge in [-0.05, 0) is 71.1 Å². The first-order valence-corrected chi connectivity index (χ1v) is 11.4. The zero-order chi connectivity index (χ0) is 21.8. The van der Waals surface area contributed by atoms with Crippen molar-refractivity contribution in [1.29, 1.82) is 0 Å². The first-order chi connectivity index (χ1) is 14.3. The van der Waals surface area contributed by atoms with Crippen molar-refractivity contribution in [3.63, 3.8) is 0 Å². The molecule has 0 aliphatic heterocycles. The lowest BCUT2D eigenvalue weighted by atomic mass is 10.1. The first kappa shape index (κ1) is 22.8. The van der Waals surface area contributed by atoms with Crippen LogP contribution in [0.25, 0.3) is 11.0 Å². The van der Waals surface area contributed by atoms with Crippen molar-refractivity contribution in [1.82, 2.24) is 14.5 Å². The van der Waals surface area contributed by atoms with Gasteiger partial charge >= 0.3 is 0 Å². The third-order valence-electron chi connectivity index (χ3n) is 5.00. The van der Waals surface area contributed by atoms with Gasteiger partial charge in [0.25, 0.3) is 5.91 Å². The maximum atomic E-state index is 13.7. The molecule has 0 unspecified atom stereocenters. The van der Waals surface area contributed by atoms with Crippen LogP contribution in [-0.2, 0) is 13.1 Å². The highest BCUT2D eigenvalue weighted by molar-refractivity contribution is 9.10. The molecular weight excluding hydrogens is 469 g/mol. The van der Waals surface area contributed by atoms with Crippen molar-refractivity contribution in [2.75, 3.05) is 6.54 Å². The molecule has 7 heteroatoms. The van der Waals surface area contributed by atoms with Gasteiger partial charge in [-0.25, -0.2) is 9.37 Å². The Labute approximate surface area is 190 Å². The van der Waals surface area contributed by atoms with Crippen LogP contribution in [0.3, 0.4) is 0 Å². The topological polar surface area (TPSA) is 38.1 Å². The van der Waals surface area contributed by atoms with Crippen molar-refractivity contribution in [3.8, 4) is 0 Å². The van der Waals surface area contributed by atoms with E-state index in [9.17, 15) is 9.18 Å². The molecule has 0 saturated carbocycles. The average molecular weight is 495 g/mol. The SMILES string of the molecule is CCCn1c(CN(CCC(C)C)C(=O)c2ccc(F)c(Br)c2)nc2ccc(Cl)cc21. The highest BCUT2D eigenvalue weighted by Crippen LogP contribution is 2.24. The monoisotopic (exact) mass is 493 g/mol. The van der Waals surface area contributed by atoms with Gasteiger partial charge in [-0.15, -0.1) is 0 Å². The number of hydrogen-bond donors (Lipinski definition) is 0. The van der Waals surface area contributed by atoms with Crippen LogP contribution in [0.5, 0.6) is 0 Å². The van der Waals surface area contributed by atoms with Crippen molar-refractivity contribution >= 4 is 44.5 Å². The van der Waals surface area contributed by atoms with E-state index < -0.39 is 0 Å². The van der Waals surface area contributed by atoms with E-state index in [-0.39, 0.29) is 16.2 Å². The Kier molecular flexibility index (Phi) is 7.53. The van der Waals surface area contributed by atoms with Crippen LogP contribution in [0.15, 0.2) is 40.9 Å². The number of nitrogens with zero attached hydrogens (tertiary/aromatic N) is 3. The van der Waals surface area contributed by atoms with Gasteiger partial charge < -0.3 is 9.47 Å². The Bertz CT molecular complexity index is 1050. The maximum absolute atomic E-state index is 13.7. The molecule has 0 aliphatic rings. The smallest absolute Gasteiger partial charge is 0.254 e. The van der Waals surface area contributed by atoms with E-state index in [1.807, 2.05) is 18.2 Å². The summed E-state index contributed by atoms with van der Waals surface area (Å²) >= 11 is 9.39. The molecule has 160 valence electrons. The van der Waals surface area contributed by atoms with E-state index in [1.54, 1.807) is 4.90 Å². The second-order valence-electron chi connectivity index (χ2n) is 7.85. The van der Waals surface area contributed by atoms with Crippen molar-refractivity contribution in [2.45, 2.75) is 46.7 Å². The lowest BCUT2D eigenvalue weighted by molar-refractivity contribution is 0.0729. The summed E-state index contributed by atoms with van der Waals surface area (Å²) in [4.78, 5) is 19.9. The minimum atomic E-state index is -0.387. The molecule has 0 atom stereocenters. The first-order valence-electron chi connectivity index (χ1n) is 10.2. The van der Waals surface area contributed by atoms with Crippen LogP contribution in [0.4, 0.5) is 4.39 Å². The summed E-state index contributed by atoms with van der Waals surface area (Å²) in [5.74, 6) is 0.757. The van der Waals surface area contributed by atoms with Gasteiger partial charge in [0, 0.05) is 23.7 Å². The van der Waals surface area contributed by atoms with Crippen molar-refractivity contribution < 1.29 is 9.18 Å². The van der Waals surface area contributed by atoms with Gasteiger partial charge in [0.15, 0.2) is 0 Å². The van der Waals surface area contributed by atoms with Gasteiger partial charge in [0.2, 0.25) is 0 Å². The molecule has 0 aliphatic carbocycles. The molecule has 0 spiro atoms. The summed E-state index contributed by atoms with van der Waals surface area (Å²) < 4.78 is 16.1. The predicted octanol–water partition coefficient (Wildman–Crippen LogP) is 6.69. The summed E-state index contributed by atoms with van der Waals surface area (Å²) in [6.07, 6.45) is 1.81. The Morgan fingerprint density at radius 3 is 2.70 bits per heavy atom. The Morgan fingerprint density at radius 2 is 2.03 bits per heavy atom. The Morgan fingerprint density at radius 1 is 1.27 bits per heavy atom. The van der Waals surface area contributed by atoms with Crippen molar-refractivity contribution in [3.05, 3.63) is 63.1 Å². The number of halogens is 3. The van der Waals surface area contributed by atoms with Gasteiger partial charge in [-0.1, -0.05) is 32.4 Å². The molecule has 3 rings (SSSR count). The van der Waals surface area contributed by atoms with E-state index in [4.69, 9.17) is 16.6 Å². The summed E-state index contributed by atoms with van der Waals surface area (Å²) in [6, 6.07) is 10.0. The number of imidazole rings is 1. The van der Waals surface area contributed by atoms with Gasteiger partial charge in [-0.3, -0.25) is 4.79 Å². The largest absolute Gasteiger partial charge is 0.331 e. The highest BCUT2D eigenvalue weighted by atomic mass is 79.9. The molecule has 30 heavy (non-hydrogen) atoms. The zero-order valence-electron chi connectivity index (χ0n) is 17.5. The van der Waals surface area contributed by atoms with Gasteiger partial charge in [-0.2, -0.15) is 0 Å². The van der Waals surface area contributed by atoms with Gasteiger partial charge in [0.1, 0.15) is 11.6 Å². The van der Waals surface area contributed by atoms with Crippen LogP contribution in [0, 0.1) is 11.7 Å². The van der Waals surface area contributed by atoms with E-state index in [0.717, 1.165) is 36.2 Å². The summed E-state index contributed by atoms with van der Waals surface area (Å²) in [5.41, 5.74) is 2.29. The summed E-state index contributed by atoms with van der Waals surface area (Å²) in [5, 5.41) is 0.662. The molecule has 0 N–H and O–H groups in total. The third kappa shape index (κ3) is 5.22. The molecule has 4 nitrogen and oxygen atoms in total. The number of amides is 1. The minimum Gasteiger partial charge on any atom is -0.331 e. The molecule has 0 bridgehead atoms. The van der Waals surface area contributed by atoms with Crippen LogP contribution < -0.4 is 0 Å². The van der Waals surface area contributed by atoms with Crippen LogP contribution in [-0.4, -0.2) is 26.9 Å². The fourth-order valence-electron chi connectivity index (χ4n) is 3.39. The summed E-state index contributed by atoms with van der Waals surface area (Å²) in [7, 11) is 0. The lowest BCUT2D eigenvalue weighted by Gasteiger charge is -2.24. The van der Waals surface area contributed by atoms with Crippen LogP contribution in [0.1, 0.15) is 49.8 Å². The zero-order valence-corrected chi connectivity index (χ0v) is 19.8. The molecule has 0 radical (unpaired) electrons. The minimum absolute atomic E-state index is 0.135. The second-order valence-corrected chi connectivity index (χ2v) is 9.14. The quantitative estimate of drug-likeness (QED) is 0.350. The molecule has 3 aromatic rings. The fraction of sp³-hybridized carbons (Fsp3) is 0.391. The Balaban J connectivity index is 1.97. The number of carbonyl (C=O) groups excluding carboxylic acids is 1. The molecule has 0 saturated heterocycles. The van der Waals surface area contributed by atoms with E-state index in [0.29, 0.717) is 29.6 Å². The summed E-state index contributed by atoms with van der Waals surface area (Å²) in [6.45, 7) is 8.14. The molecule has 1 aromatic heterocycles. The van der Waals surface area contributed by atoms with Crippen LogP contribution >= 0.6 is 27.5 Å². The van der Waals surface area contributed by atoms with Crippen molar-refractivity contribution in [2.24, 2.45) is 5.92 Å². The molecule has 1 amide bonds. The van der Waals surface area contributed by atoms with Crippen LogP contribution in [0.2, 0.25) is 5.02 Å². The fourth-order valence-corrected chi connectivity index (χ4v) is 3.93. The highest BCUT2D eigenvalue weighted by Gasteiger charge is 2.21. The Hall–Kier alpha value is -1.92. The molecular formula is C23H26BrClFN3O. The normalized spacial score (nSPS) is 11.4. The van der Waals surface area contributed by atoms with E-state index >= 15 is 0 Å². The lowest BCUT2D eigenvalue weighted by Crippen LogP contribution is -2.33. The number of fused-ring (bicyclic) bond motifs is 1. The number of aromatic nitrogens is 2. The molecule has 1 heterocycles. The number of rotatable bonds is 8. The number of benzene rings is 2. The third-order valence-corrected chi connectivity index (χ3v) is 5.84. The van der Waals surface area contributed by atoms with Gasteiger partial charge in [0.05, 0.1) is 22.1 Å². The number of aryl methyl sites for hydroxylation is 1. The van der Waals surface area contributed by atoms with E-state index in [2.05, 4.69) is 41.3 Å².